The highest BCUT2D eigenvalue weighted by Crippen LogP contribution is 2.40. The van der Waals surface area contributed by atoms with E-state index in [-0.39, 0.29) is 37.6 Å². The minimum atomic E-state index is -4.49. The molecule has 0 aliphatic heterocycles. The zero-order chi connectivity index (χ0) is 16.6. The first kappa shape index (κ1) is 19.2. The minimum Gasteiger partial charge on any atom is -0.285 e. The van der Waals surface area contributed by atoms with Gasteiger partial charge in [-0.3, -0.25) is 9.11 Å². The van der Waals surface area contributed by atoms with E-state index in [1.54, 1.807) is 0 Å². The van der Waals surface area contributed by atoms with Crippen LogP contribution in [0.2, 0.25) is 15.1 Å². The maximum absolute atomic E-state index is 11.0. The Labute approximate surface area is 141 Å². The van der Waals surface area contributed by atoms with E-state index in [9.17, 15) is 16.8 Å². The monoisotopic (exact) mass is 416 g/mol. The van der Waals surface area contributed by atoms with Gasteiger partial charge in [-0.15, -0.1) is 11.6 Å². The van der Waals surface area contributed by atoms with E-state index in [1.807, 2.05) is 0 Å². The Hall–Kier alpha value is 0.200. The summed E-state index contributed by atoms with van der Waals surface area (Å²) in [6, 6.07) is 0. The summed E-state index contributed by atoms with van der Waals surface area (Å²) in [6.07, 6.45) is 0. The quantitative estimate of drug-likeness (QED) is 0.562. The number of benzene rings is 1. The summed E-state index contributed by atoms with van der Waals surface area (Å²) in [7, 11) is -8.97. The van der Waals surface area contributed by atoms with Gasteiger partial charge in [0, 0.05) is 16.7 Å². The van der Waals surface area contributed by atoms with Gasteiger partial charge in [-0.25, -0.2) is 0 Å². The first-order chi connectivity index (χ1) is 9.37. The summed E-state index contributed by atoms with van der Waals surface area (Å²) in [4.78, 5) is 0. The van der Waals surface area contributed by atoms with Crippen molar-refractivity contribution in [3.8, 4) is 0 Å². The fourth-order valence-corrected chi connectivity index (χ4v) is 4.71. The third kappa shape index (κ3) is 5.11. The van der Waals surface area contributed by atoms with Gasteiger partial charge in [0.25, 0.3) is 20.2 Å². The zero-order valence-corrected chi connectivity index (χ0v) is 14.6. The molecule has 0 heterocycles. The van der Waals surface area contributed by atoms with Crippen molar-refractivity contribution in [2.45, 2.75) is 17.4 Å². The fraction of sp³-hybridized carbons (Fsp3) is 0.333. The van der Waals surface area contributed by atoms with E-state index in [0.29, 0.717) is 0 Å². The SMILES string of the molecule is O=S(=O)(O)Cc1c(Cl)c(CCl)c(Cl)c(CS(=O)(=O)O)c1Cl. The van der Waals surface area contributed by atoms with Crippen LogP contribution in [-0.2, 0) is 37.6 Å². The Balaban J connectivity index is 3.70. The fourth-order valence-electron chi connectivity index (χ4n) is 1.57. The van der Waals surface area contributed by atoms with E-state index >= 15 is 0 Å². The van der Waals surface area contributed by atoms with Crippen molar-refractivity contribution in [3.63, 3.8) is 0 Å². The van der Waals surface area contributed by atoms with Gasteiger partial charge in [-0.05, 0) is 0 Å². The maximum atomic E-state index is 11.0. The van der Waals surface area contributed by atoms with Crippen LogP contribution in [0.25, 0.3) is 0 Å². The zero-order valence-electron chi connectivity index (χ0n) is 9.98. The average Bonchev–Trinajstić information content (AvgIpc) is 2.29. The Morgan fingerprint density at radius 1 is 0.714 bits per heavy atom. The molecule has 0 aliphatic rings. The van der Waals surface area contributed by atoms with Crippen LogP contribution < -0.4 is 0 Å². The molecule has 120 valence electrons. The predicted octanol–water partition coefficient (Wildman–Crippen LogP) is 3.16. The predicted molar refractivity (Wildman–Crippen MR) is 81.5 cm³/mol. The minimum absolute atomic E-state index is 0.0432. The standard InChI is InChI=1S/C9H8Cl4O6S2/c10-1-4-7(11)5(2-20(14,15)16)9(13)6(8(4)12)3-21(17,18)19/h1-3H2,(H,14,15,16)(H,17,18,19). The van der Waals surface area contributed by atoms with Crippen LogP contribution in [0.5, 0.6) is 0 Å². The lowest BCUT2D eigenvalue weighted by Gasteiger charge is -2.16. The van der Waals surface area contributed by atoms with Crippen LogP contribution in [0, 0.1) is 0 Å². The Morgan fingerprint density at radius 3 is 1.24 bits per heavy atom. The molecule has 12 heteroatoms. The van der Waals surface area contributed by atoms with E-state index < -0.39 is 31.7 Å². The van der Waals surface area contributed by atoms with Gasteiger partial charge in [-0.1, -0.05) is 34.8 Å². The molecule has 0 unspecified atom stereocenters. The molecular formula is C9H8Cl4O6S2. The van der Waals surface area contributed by atoms with E-state index in [2.05, 4.69) is 0 Å². The summed E-state index contributed by atoms with van der Waals surface area (Å²) < 4.78 is 61.8. The second kappa shape index (κ2) is 6.76. The van der Waals surface area contributed by atoms with Crippen molar-refractivity contribution in [1.29, 1.82) is 0 Å². The molecule has 0 aromatic heterocycles. The van der Waals surface area contributed by atoms with Crippen LogP contribution >= 0.6 is 46.4 Å². The van der Waals surface area contributed by atoms with Crippen LogP contribution in [0.3, 0.4) is 0 Å². The van der Waals surface area contributed by atoms with Gasteiger partial charge in [0.1, 0.15) is 11.5 Å². The van der Waals surface area contributed by atoms with E-state index in [1.165, 1.54) is 0 Å². The van der Waals surface area contributed by atoms with Crippen LogP contribution in [0.1, 0.15) is 16.7 Å². The topological polar surface area (TPSA) is 109 Å². The van der Waals surface area contributed by atoms with Gasteiger partial charge >= 0.3 is 0 Å². The van der Waals surface area contributed by atoms with Gasteiger partial charge in [0.2, 0.25) is 0 Å². The van der Waals surface area contributed by atoms with Crippen molar-refractivity contribution in [3.05, 3.63) is 31.8 Å². The lowest BCUT2D eigenvalue weighted by molar-refractivity contribution is 0.480. The molecule has 0 radical (unpaired) electrons. The molecule has 21 heavy (non-hydrogen) atoms. The molecular weight excluding hydrogens is 410 g/mol. The first-order valence-electron chi connectivity index (χ1n) is 5.00. The first-order valence-corrected chi connectivity index (χ1v) is 9.89. The van der Waals surface area contributed by atoms with Crippen molar-refractivity contribution in [2.75, 3.05) is 0 Å². The van der Waals surface area contributed by atoms with Gasteiger partial charge in [0.15, 0.2) is 0 Å². The smallest absolute Gasteiger partial charge is 0.269 e. The number of hydrogen-bond donors (Lipinski definition) is 2. The highest BCUT2D eigenvalue weighted by Gasteiger charge is 2.25. The highest BCUT2D eigenvalue weighted by atomic mass is 35.5. The van der Waals surface area contributed by atoms with Gasteiger partial charge < -0.3 is 0 Å². The number of halogens is 4. The van der Waals surface area contributed by atoms with E-state index in [4.69, 9.17) is 55.5 Å². The lowest BCUT2D eigenvalue weighted by atomic mass is 10.1. The molecule has 0 fully saturated rings. The molecule has 2 N–H and O–H groups in total. The van der Waals surface area contributed by atoms with Crippen molar-refractivity contribution in [2.24, 2.45) is 0 Å². The number of alkyl halides is 1. The van der Waals surface area contributed by atoms with Crippen molar-refractivity contribution in [1.82, 2.24) is 0 Å². The molecule has 0 atom stereocenters. The molecule has 0 saturated carbocycles. The average molecular weight is 418 g/mol. The molecule has 0 bridgehead atoms. The largest absolute Gasteiger partial charge is 0.285 e. The molecule has 0 aliphatic carbocycles. The number of hydrogen-bond acceptors (Lipinski definition) is 4. The molecule has 1 aromatic carbocycles. The van der Waals surface area contributed by atoms with Crippen LogP contribution in [-0.4, -0.2) is 25.9 Å². The summed E-state index contributed by atoms with van der Waals surface area (Å²) in [5, 5.41) is -0.775. The molecule has 0 spiro atoms. The molecule has 1 rings (SSSR count). The highest BCUT2D eigenvalue weighted by molar-refractivity contribution is 7.85. The van der Waals surface area contributed by atoms with Gasteiger partial charge in [-0.2, -0.15) is 16.8 Å². The Bertz CT molecular complexity index is 711. The normalized spacial score (nSPS) is 12.7. The Kier molecular flexibility index (Phi) is 6.19. The summed E-state index contributed by atoms with van der Waals surface area (Å²) in [6.45, 7) is 0. The Morgan fingerprint density at radius 2 is 1.00 bits per heavy atom. The van der Waals surface area contributed by atoms with E-state index in [0.717, 1.165) is 0 Å². The second-order valence-corrected chi connectivity index (χ2v) is 8.27. The number of rotatable bonds is 5. The molecule has 1 aromatic rings. The maximum Gasteiger partial charge on any atom is 0.269 e. The third-order valence-corrected chi connectivity index (χ3v) is 5.32. The van der Waals surface area contributed by atoms with Crippen molar-refractivity contribution >= 4 is 66.6 Å². The summed E-state index contributed by atoms with van der Waals surface area (Å²) >= 11 is 23.4. The molecule has 0 amide bonds. The van der Waals surface area contributed by atoms with Gasteiger partial charge in [0.05, 0.1) is 20.9 Å². The summed E-state index contributed by atoms with van der Waals surface area (Å²) in [5.41, 5.74) is -0.458. The molecule has 0 saturated heterocycles. The summed E-state index contributed by atoms with van der Waals surface area (Å²) in [5.74, 6) is -2.17. The molecule has 6 nitrogen and oxygen atoms in total. The van der Waals surface area contributed by atoms with Crippen LogP contribution in [0.15, 0.2) is 0 Å². The third-order valence-electron chi connectivity index (χ3n) is 2.38. The second-order valence-electron chi connectivity index (χ2n) is 3.96. The van der Waals surface area contributed by atoms with Crippen LogP contribution in [0.4, 0.5) is 0 Å². The van der Waals surface area contributed by atoms with Crippen molar-refractivity contribution < 1.29 is 25.9 Å². The lowest BCUT2D eigenvalue weighted by Crippen LogP contribution is -2.09.